The molecule has 1 fully saturated rings. The van der Waals surface area contributed by atoms with E-state index in [0.717, 1.165) is 25.3 Å². The summed E-state index contributed by atoms with van der Waals surface area (Å²) in [6, 6.07) is 4.32. The highest BCUT2D eigenvalue weighted by Crippen LogP contribution is 2.39. The average molecular weight is 255 g/mol. The maximum absolute atomic E-state index is 13.7. The minimum atomic E-state index is -0.789. The molecular weight excluding hydrogens is 236 g/mol. The predicted octanol–water partition coefficient (Wildman–Crippen LogP) is 2.66. The fourth-order valence-corrected chi connectivity index (χ4v) is 2.70. The maximum Gasteiger partial charge on any atom is 0.162 e. The molecule has 0 radical (unpaired) electrons. The molecule has 1 aromatic carbocycles. The van der Waals surface area contributed by atoms with E-state index in [0.29, 0.717) is 12.0 Å². The van der Waals surface area contributed by atoms with Crippen LogP contribution >= 0.6 is 0 Å². The minimum absolute atomic E-state index is 0.00699. The summed E-state index contributed by atoms with van der Waals surface area (Å²) >= 11 is 0. The molecule has 1 aromatic rings. The molecule has 0 saturated heterocycles. The van der Waals surface area contributed by atoms with Crippen molar-refractivity contribution in [3.63, 3.8) is 0 Å². The molecule has 0 amide bonds. The lowest BCUT2D eigenvalue weighted by molar-refractivity contribution is -0.0968. The van der Waals surface area contributed by atoms with Gasteiger partial charge in [-0.1, -0.05) is 12.1 Å². The summed E-state index contributed by atoms with van der Waals surface area (Å²) in [4.78, 5) is 0. The van der Waals surface area contributed by atoms with E-state index in [4.69, 9.17) is 4.74 Å². The van der Waals surface area contributed by atoms with E-state index < -0.39 is 11.6 Å². The topological polar surface area (TPSA) is 21.3 Å². The van der Waals surface area contributed by atoms with Crippen molar-refractivity contribution in [1.82, 2.24) is 5.32 Å². The van der Waals surface area contributed by atoms with Crippen LogP contribution < -0.4 is 5.32 Å². The summed E-state index contributed by atoms with van der Waals surface area (Å²) in [5.74, 6) is -1.54. The van der Waals surface area contributed by atoms with Gasteiger partial charge in [-0.05, 0) is 44.4 Å². The first-order valence-electron chi connectivity index (χ1n) is 6.28. The number of rotatable bonds is 5. The smallest absolute Gasteiger partial charge is 0.162 e. The summed E-state index contributed by atoms with van der Waals surface area (Å²) < 4.78 is 32.4. The van der Waals surface area contributed by atoms with Gasteiger partial charge in [-0.15, -0.1) is 0 Å². The Labute approximate surface area is 106 Å². The fourth-order valence-electron chi connectivity index (χ4n) is 2.70. The van der Waals surface area contributed by atoms with Gasteiger partial charge in [0.1, 0.15) is 0 Å². The van der Waals surface area contributed by atoms with Crippen molar-refractivity contribution in [2.24, 2.45) is 0 Å². The molecule has 0 aromatic heterocycles. The second-order valence-electron chi connectivity index (χ2n) is 4.88. The highest BCUT2D eigenvalue weighted by atomic mass is 19.2. The Morgan fingerprint density at radius 1 is 1.39 bits per heavy atom. The van der Waals surface area contributed by atoms with E-state index in [9.17, 15) is 8.78 Å². The van der Waals surface area contributed by atoms with Gasteiger partial charge in [0.2, 0.25) is 0 Å². The third-order valence-electron chi connectivity index (χ3n) is 4.05. The van der Waals surface area contributed by atoms with Crippen LogP contribution in [0, 0.1) is 11.6 Å². The van der Waals surface area contributed by atoms with Crippen molar-refractivity contribution >= 4 is 0 Å². The third-order valence-corrected chi connectivity index (χ3v) is 4.05. The van der Waals surface area contributed by atoms with Crippen LogP contribution in [0.3, 0.4) is 0 Å². The lowest BCUT2D eigenvalue weighted by Crippen LogP contribution is -2.56. The number of halogens is 2. The molecule has 4 heteroatoms. The molecule has 18 heavy (non-hydrogen) atoms. The van der Waals surface area contributed by atoms with Crippen LogP contribution in [-0.2, 0) is 11.2 Å². The number of ether oxygens (including phenoxy) is 1. The van der Waals surface area contributed by atoms with Crippen molar-refractivity contribution in [3.05, 3.63) is 35.4 Å². The van der Waals surface area contributed by atoms with Crippen molar-refractivity contribution in [2.75, 3.05) is 14.2 Å². The molecule has 0 heterocycles. The van der Waals surface area contributed by atoms with Gasteiger partial charge in [0.05, 0.1) is 5.60 Å². The highest BCUT2D eigenvalue weighted by molar-refractivity contribution is 5.21. The van der Waals surface area contributed by atoms with Crippen molar-refractivity contribution in [3.8, 4) is 0 Å². The largest absolute Gasteiger partial charge is 0.377 e. The van der Waals surface area contributed by atoms with Gasteiger partial charge in [-0.2, -0.15) is 0 Å². The second-order valence-corrected chi connectivity index (χ2v) is 4.88. The second kappa shape index (κ2) is 5.33. The first kappa shape index (κ1) is 13.4. The molecule has 100 valence electrons. The van der Waals surface area contributed by atoms with Crippen LogP contribution in [0.5, 0.6) is 0 Å². The summed E-state index contributed by atoms with van der Waals surface area (Å²) in [5.41, 5.74) is 0.172. The van der Waals surface area contributed by atoms with Gasteiger partial charge in [0.25, 0.3) is 0 Å². The number of methoxy groups -OCH3 is 1. The Morgan fingerprint density at radius 3 is 2.61 bits per heavy atom. The molecule has 1 atom stereocenters. The SMILES string of the molecule is CNC(Cc1cccc(F)c1F)C1(OC)CCC1. The van der Waals surface area contributed by atoms with Gasteiger partial charge in [0, 0.05) is 13.2 Å². The van der Waals surface area contributed by atoms with E-state index in [1.54, 1.807) is 19.2 Å². The fraction of sp³-hybridized carbons (Fsp3) is 0.571. The van der Waals surface area contributed by atoms with E-state index in [2.05, 4.69) is 5.32 Å². The van der Waals surface area contributed by atoms with Gasteiger partial charge >= 0.3 is 0 Å². The van der Waals surface area contributed by atoms with Crippen LogP contribution in [0.2, 0.25) is 0 Å². The summed E-state index contributed by atoms with van der Waals surface area (Å²) in [6.07, 6.45) is 3.49. The Kier molecular flexibility index (Phi) is 3.97. The van der Waals surface area contributed by atoms with Crippen LogP contribution in [0.15, 0.2) is 18.2 Å². The Morgan fingerprint density at radius 2 is 2.11 bits per heavy atom. The molecule has 1 unspecified atom stereocenters. The lowest BCUT2D eigenvalue weighted by Gasteiger charge is -2.46. The molecule has 0 bridgehead atoms. The zero-order valence-electron chi connectivity index (χ0n) is 10.8. The van der Waals surface area contributed by atoms with E-state index in [-0.39, 0.29) is 11.6 Å². The van der Waals surface area contributed by atoms with Crippen LogP contribution in [0.25, 0.3) is 0 Å². The molecular formula is C14H19F2NO. The lowest BCUT2D eigenvalue weighted by atomic mass is 9.72. The molecule has 2 rings (SSSR count). The number of likely N-dealkylation sites (N-methyl/N-ethyl adjacent to an activating group) is 1. The number of hydrogen-bond donors (Lipinski definition) is 1. The molecule has 1 saturated carbocycles. The Balaban J connectivity index is 2.18. The van der Waals surface area contributed by atoms with Gasteiger partial charge < -0.3 is 10.1 Å². The number of benzene rings is 1. The predicted molar refractivity (Wildman–Crippen MR) is 66.5 cm³/mol. The van der Waals surface area contributed by atoms with Crippen molar-refractivity contribution in [1.29, 1.82) is 0 Å². The quantitative estimate of drug-likeness (QED) is 0.873. The average Bonchev–Trinajstić information content (AvgIpc) is 2.32. The van der Waals surface area contributed by atoms with E-state index >= 15 is 0 Å². The minimum Gasteiger partial charge on any atom is -0.377 e. The van der Waals surface area contributed by atoms with Crippen LogP contribution in [0.4, 0.5) is 8.78 Å². The summed E-state index contributed by atoms with van der Waals surface area (Å²) in [5, 5.41) is 3.18. The number of nitrogens with one attached hydrogen (secondary N) is 1. The van der Waals surface area contributed by atoms with Gasteiger partial charge in [-0.25, -0.2) is 8.78 Å². The first-order valence-corrected chi connectivity index (χ1v) is 6.28. The van der Waals surface area contributed by atoms with Crippen LogP contribution in [0.1, 0.15) is 24.8 Å². The van der Waals surface area contributed by atoms with Gasteiger partial charge in [-0.3, -0.25) is 0 Å². The number of hydrogen-bond acceptors (Lipinski definition) is 2. The molecule has 2 nitrogen and oxygen atoms in total. The van der Waals surface area contributed by atoms with E-state index in [1.165, 1.54) is 0 Å². The summed E-state index contributed by atoms with van der Waals surface area (Å²) in [7, 11) is 3.52. The van der Waals surface area contributed by atoms with Crippen molar-refractivity contribution < 1.29 is 13.5 Å². The molecule has 1 N–H and O–H groups in total. The highest BCUT2D eigenvalue weighted by Gasteiger charge is 2.43. The van der Waals surface area contributed by atoms with Crippen molar-refractivity contribution in [2.45, 2.75) is 37.3 Å². The zero-order chi connectivity index (χ0) is 13.2. The third kappa shape index (κ3) is 2.27. The zero-order valence-corrected chi connectivity index (χ0v) is 10.8. The normalized spacial score (nSPS) is 19.3. The molecule has 0 aliphatic heterocycles. The Bertz CT molecular complexity index is 413. The monoisotopic (exact) mass is 255 g/mol. The molecule has 1 aliphatic rings. The Hall–Kier alpha value is -1.00. The van der Waals surface area contributed by atoms with E-state index in [1.807, 2.05) is 7.05 Å². The maximum atomic E-state index is 13.7. The molecule has 0 spiro atoms. The first-order chi connectivity index (χ1) is 8.63. The van der Waals surface area contributed by atoms with Gasteiger partial charge in [0.15, 0.2) is 11.6 Å². The van der Waals surface area contributed by atoms with Crippen LogP contribution in [-0.4, -0.2) is 25.8 Å². The summed E-state index contributed by atoms with van der Waals surface area (Å²) in [6.45, 7) is 0. The standard InChI is InChI=1S/C14H19F2NO/c1-17-12(14(18-2)7-4-8-14)9-10-5-3-6-11(15)13(10)16/h3,5-6,12,17H,4,7-9H2,1-2H3. The molecule has 1 aliphatic carbocycles.